The maximum Gasteiger partial charge on any atom is 0.298 e. The Bertz CT molecular complexity index is 997. The topological polar surface area (TPSA) is 74.6 Å². The second kappa shape index (κ2) is 7.32. The van der Waals surface area contributed by atoms with E-state index in [-0.39, 0.29) is 5.92 Å². The summed E-state index contributed by atoms with van der Waals surface area (Å²) >= 11 is 0. The first-order valence-electron chi connectivity index (χ1n) is 8.28. The first-order valence-corrected chi connectivity index (χ1v) is 9.72. The maximum absolute atomic E-state index is 11.8. The highest BCUT2D eigenvalue weighted by Crippen LogP contribution is 2.37. The largest absolute Gasteiger partial charge is 0.506 e. The molecule has 1 atom stereocenters. The van der Waals surface area contributed by atoms with E-state index in [1.807, 2.05) is 67.6 Å². The molecular formula is C21H20O4S. The smallest absolute Gasteiger partial charge is 0.298 e. The van der Waals surface area contributed by atoms with Gasteiger partial charge in [-0.05, 0) is 29.2 Å². The number of phenolic OH excluding ortho intramolecular Hbond substituents is 1. The van der Waals surface area contributed by atoms with Gasteiger partial charge in [-0.1, -0.05) is 73.7 Å². The first kappa shape index (κ1) is 18.2. The third-order valence-corrected chi connectivity index (χ3v) is 5.33. The van der Waals surface area contributed by atoms with Crippen LogP contribution < -0.4 is 0 Å². The molecule has 0 aliphatic carbocycles. The maximum atomic E-state index is 11.8. The molecule has 0 bridgehead atoms. The van der Waals surface area contributed by atoms with Gasteiger partial charge in [-0.25, -0.2) is 0 Å². The zero-order valence-corrected chi connectivity index (χ0v) is 15.1. The Hall–Kier alpha value is -2.63. The second-order valence-corrected chi connectivity index (χ2v) is 7.69. The number of benzene rings is 3. The van der Waals surface area contributed by atoms with E-state index < -0.39 is 20.8 Å². The summed E-state index contributed by atoms with van der Waals surface area (Å²) in [5.74, 6) is -0.631. The highest BCUT2D eigenvalue weighted by molar-refractivity contribution is 7.86. The number of hydrogen-bond acceptors (Lipinski definition) is 3. The Morgan fingerprint density at radius 3 is 2.04 bits per heavy atom. The molecule has 3 aromatic carbocycles. The third kappa shape index (κ3) is 3.95. The Balaban J connectivity index is 2.12. The van der Waals surface area contributed by atoms with Crippen LogP contribution in [0, 0.1) is 0 Å². The zero-order valence-electron chi connectivity index (χ0n) is 14.3. The van der Waals surface area contributed by atoms with Crippen LogP contribution in [0.25, 0.3) is 0 Å². The lowest BCUT2D eigenvalue weighted by Gasteiger charge is -2.18. The van der Waals surface area contributed by atoms with Crippen LogP contribution in [0.2, 0.25) is 0 Å². The fourth-order valence-corrected chi connectivity index (χ4v) is 3.73. The number of rotatable bonds is 5. The lowest BCUT2D eigenvalue weighted by Crippen LogP contribution is -2.05. The summed E-state index contributed by atoms with van der Waals surface area (Å²) in [7, 11) is -4.54. The van der Waals surface area contributed by atoms with E-state index >= 15 is 0 Å². The number of phenols is 1. The molecule has 0 aliphatic heterocycles. The molecule has 0 amide bonds. The fourth-order valence-electron chi connectivity index (χ4n) is 3.07. The lowest BCUT2D eigenvalue weighted by molar-refractivity contribution is 0.436. The molecule has 26 heavy (non-hydrogen) atoms. The van der Waals surface area contributed by atoms with Gasteiger partial charge in [0.2, 0.25) is 0 Å². The van der Waals surface area contributed by atoms with E-state index in [0.29, 0.717) is 17.5 Å². The molecule has 3 rings (SSSR count). The van der Waals surface area contributed by atoms with E-state index in [1.165, 1.54) is 6.07 Å². The molecule has 0 saturated carbocycles. The predicted octanol–water partition coefficient (Wildman–Crippen LogP) is 4.38. The van der Waals surface area contributed by atoms with Crippen LogP contribution in [-0.2, 0) is 16.5 Å². The van der Waals surface area contributed by atoms with E-state index in [0.717, 1.165) is 11.1 Å². The van der Waals surface area contributed by atoms with Crippen LogP contribution in [0.1, 0.15) is 35.1 Å². The van der Waals surface area contributed by atoms with Gasteiger partial charge in [-0.15, -0.1) is 0 Å². The second-order valence-electron chi connectivity index (χ2n) is 6.30. The van der Waals surface area contributed by atoms with Crippen molar-refractivity contribution in [3.8, 4) is 5.75 Å². The van der Waals surface area contributed by atoms with Crippen LogP contribution >= 0.6 is 0 Å². The average molecular weight is 368 g/mol. The molecule has 2 N–H and O–H groups in total. The van der Waals surface area contributed by atoms with Crippen molar-refractivity contribution in [1.29, 1.82) is 0 Å². The van der Waals surface area contributed by atoms with Crippen molar-refractivity contribution in [3.05, 3.63) is 95.1 Å². The quantitative estimate of drug-likeness (QED) is 0.655. The molecule has 134 valence electrons. The molecular weight excluding hydrogens is 348 g/mol. The molecule has 0 aromatic heterocycles. The minimum Gasteiger partial charge on any atom is -0.506 e. The van der Waals surface area contributed by atoms with Crippen molar-refractivity contribution in [2.45, 2.75) is 24.2 Å². The molecule has 0 fully saturated rings. The van der Waals surface area contributed by atoms with Gasteiger partial charge in [-0.3, -0.25) is 4.55 Å². The lowest BCUT2D eigenvalue weighted by atomic mass is 9.90. The van der Waals surface area contributed by atoms with Gasteiger partial charge in [0.05, 0.1) is 0 Å². The summed E-state index contributed by atoms with van der Waals surface area (Å²) < 4.78 is 33.1. The molecule has 1 unspecified atom stereocenters. The molecule has 0 radical (unpaired) electrons. The fraction of sp³-hybridized carbons (Fsp3) is 0.143. The van der Waals surface area contributed by atoms with E-state index in [2.05, 4.69) is 0 Å². The van der Waals surface area contributed by atoms with Gasteiger partial charge < -0.3 is 5.11 Å². The van der Waals surface area contributed by atoms with Crippen LogP contribution in [0.3, 0.4) is 0 Å². The van der Waals surface area contributed by atoms with E-state index in [9.17, 15) is 18.1 Å². The first-order chi connectivity index (χ1) is 12.4. The highest BCUT2D eigenvalue weighted by atomic mass is 32.2. The van der Waals surface area contributed by atoms with E-state index in [1.54, 1.807) is 6.07 Å². The van der Waals surface area contributed by atoms with Gasteiger partial charge in [-0.2, -0.15) is 8.42 Å². The standard InChI is InChI=1S/C21H20O4S/c1-15(18-10-6-3-7-11-18)19-13-17(12-16-8-4-2-5-9-16)14-20(21(19)22)26(23,24)25/h2-11,13-15,22H,12H2,1H3,(H,23,24,25). The summed E-state index contributed by atoms with van der Waals surface area (Å²) in [5.41, 5.74) is 3.13. The Morgan fingerprint density at radius 2 is 1.46 bits per heavy atom. The summed E-state index contributed by atoms with van der Waals surface area (Å²) in [4.78, 5) is -0.455. The summed E-state index contributed by atoms with van der Waals surface area (Å²) in [5, 5.41) is 10.5. The molecule has 5 heteroatoms. The van der Waals surface area contributed by atoms with Crippen molar-refractivity contribution in [2.75, 3.05) is 0 Å². The van der Waals surface area contributed by atoms with Gasteiger partial charge in [0, 0.05) is 11.5 Å². The van der Waals surface area contributed by atoms with Crippen molar-refractivity contribution < 1.29 is 18.1 Å². The van der Waals surface area contributed by atoms with E-state index in [4.69, 9.17) is 0 Å². The number of hydrogen-bond donors (Lipinski definition) is 2. The van der Waals surface area contributed by atoms with Crippen molar-refractivity contribution >= 4 is 10.1 Å². The average Bonchev–Trinajstić information content (AvgIpc) is 2.63. The molecule has 0 heterocycles. The Morgan fingerprint density at radius 1 is 0.885 bits per heavy atom. The molecule has 0 saturated heterocycles. The summed E-state index contributed by atoms with van der Waals surface area (Å²) in [6.45, 7) is 1.89. The van der Waals surface area contributed by atoms with Crippen molar-refractivity contribution in [3.63, 3.8) is 0 Å². The Labute approximate surface area is 153 Å². The van der Waals surface area contributed by atoms with Crippen LogP contribution in [-0.4, -0.2) is 18.1 Å². The summed E-state index contributed by atoms with van der Waals surface area (Å²) in [6, 6.07) is 22.3. The normalized spacial score (nSPS) is 12.7. The van der Waals surface area contributed by atoms with Gasteiger partial charge in [0.15, 0.2) is 0 Å². The molecule has 0 aliphatic rings. The van der Waals surface area contributed by atoms with Crippen LogP contribution in [0.5, 0.6) is 5.75 Å². The van der Waals surface area contributed by atoms with Gasteiger partial charge in [0.1, 0.15) is 10.6 Å². The third-order valence-electron chi connectivity index (χ3n) is 4.46. The minimum atomic E-state index is -4.54. The van der Waals surface area contributed by atoms with Crippen LogP contribution in [0.15, 0.2) is 77.7 Å². The SMILES string of the molecule is CC(c1ccccc1)c1cc(Cc2ccccc2)cc(S(=O)(=O)O)c1O. The Kier molecular flexibility index (Phi) is 5.11. The summed E-state index contributed by atoms with van der Waals surface area (Å²) in [6.07, 6.45) is 0.498. The number of aromatic hydroxyl groups is 1. The molecule has 4 nitrogen and oxygen atoms in total. The predicted molar refractivity (Wildman–Crippen MR) is 101 cm³/mol. The molecule has 0 spiro atoms. The van der Waals surface area contributed by atoms with Crippen LogP contribution in [0.4, 0.5) is 0 Å². The monoisotopic (exact) mass is 368 g/mol. The van der Waals surface area contributed by atoms with Crippen molar-refractivity contribution in [2.24, 2.45) is 0 Å². The van der Waals surface area contributed by atoms with Crippen molar-refractivity contribution in [1.82, 2.24) is 0 Å². The zero-order chi connectivity index (χ0) is 18.7. The molecule has 3 aromatic rings. The van der Waals surface area contributed by atoms with Gasteiger partial charge >= 0.3 is 0 Å². The minimum absolute atomic E-state index is 0.229. The highest BCUT2D eigenvalue weighted by Gasteiger charge is 2.23. The van der Waals surface area contributed by atoms with Gasteiger partial charge in [0.25, 0.3) is 10.1 Å².